The van der Waals surface area contributed by atoms with E-state index in [1.54, 1.807) is 6.20 Å². The zero-order valence-corrected chi connectivity index (χ0v) is 17.5. The van der Waals surface area contributed by atoms with Crippen molar-refractivity contribution in [2.75, 3.05) is 0 Å². The first-order chi connectivity index (χ1) is 14.0. The molecule has 1 aromatic heterocycles. The van der Waals surface area contributed by atoms with E-state index in [-0.39, 0.29) is 11.9 Å². The number of nitrogens with one attached hydrogen (secondary N) is 1. The highest BCUT2D eigenvalue weighted by atomic mass is 16.1. The molecule has 0 saturated heterocycles. The van der Waals surface area contributed by atoms with Crippen molar-refractivity contribution in [3.63, 3.8) is 0 Å². The molecule has 0 radical (unpaired) electrons. The highest BCUT2D eigenvalue weighted by molar-refractivity contribution is 5.95. The van der Waals surface area contributed by atoms with Crippen LogP contribution in [0.4, 0.5) is 0 Å². The number of aryl methyl sites for hydroxylation is 2. The maximum atomic E-state index is 13.2. The van der Waals surface area contributed by atoms with Crippen molar-refractivity contribution in [3.8, 4) is 0 Å². The molecule has 0 spiro atoms. The Balaban J connectivity index is 1.58. The number of hydrogen-bond acceptors (Lipinski definition) is 2. The van der Waals surface area contributed by atoms with Crippen molar-refractivity contribution < 1.29 is 4.79 Å². The van der Waals surface area contributed by atoms with Crippen LogP contribution in [-0.4, -0.2) is 15.7 Å². The molecule has 150 valence electrons. The van der Waals surface area contributed by atoms with E-state index in [0.717, 1.165) is 25.0 Å². The average molecular weight is 388 g/mol. The minimum absolute atomic E-state index is 0.0307. The monoisotopic (exact) mass is 387 g/mol. The first-order valence-corrected chi connectivity index (χ1v) is 10.5. The maximum absolute atomic E-state index is 13.2. The van der Waals surface area contributed by atoms with Gasteiger partial charge in [0.1, 0.15) is 0 Å². The quantitative estimate of drug-likeness (QED) is 0.674. The highest BCUT2D eigenvalue weighted by Crippen LogP contribution is 2.32. The summed E-state index contributed by atoms with van der Waals surface area (Å²) in [6.45, 7) is 4.42. The SMILES string of the molecule is CC(C)c1ccc2c(c1)[C@@H](NC(=O)c1cnn(C)c1Cc1ccccc1)CCC2. The Kier molecular flexibility index (Phi) is 5.52. The van der Waals surface area contributed by atoms with Gasteiger partial charge in [0.25, 0.3) is 5.91 Å². The van der Waals surface area contributed by atoms with Crippen molar-refractivity contribution in [2.45, 2.75) is 51.5 Å². The Morgan fingerprint density at radius 2 is 2.00 bits per heavy atom. The van der Waals surface area contributed by atoms with Gasteiger partial charge >= 0.3 is 0 Å². The summed E-state index contributed by atoms with van der Waals surface area (Å²) >= 11 is 0. The number of fused-ring (bicyclic) bond motifs is 1. The zero-order chi connectivity index (χ0) is 20.4. The number of amides is 1. The number of benzene rings is 2. The van der Waals surface area contributed by atoms with Crippen LogP contribution in [-0.2, 0) is 19.9 Å². The van der Waals surface area contributed by atoms with Gasteiger partial charge in [0.2, 0.25) is 0 Å². The normalized spacial score (nSPS) is 15.9. The van der Waals surface area contributed by atoms with Gasteiger partial charge in [-0.2, -0.15) is 5.10 Å². The third-order valence-corrected chi connectivity index (χ3v) is 5.98. The van der Waals surface area contributed by atoms with Crippen LogP contribution in [0.25, 0.3) is 0 Å². The van der Waals surface area contributed by atoms with Crippen LogP contribution < -0.4 is 5.32 Å². The van der Waals surface area contributed by atoms with Gasteiger partial charge in [-0.15, -0.1) is 0 Å². The molecule has 29 heavy (non-hydrogen) atoms. The minimum atomic E-state index is -0.0307. The summed E-state index contributed by atoms with van der Waals surface area (Å²) < 4.78 is 1.81. The summed E-state index contributed by atoms with van der Waals surface area (Å²) in [7, 11) is 1.90. The van der Waals surface area contributed by atoms with E-state index in [4.69, 9.17) is 0 Å². The molecule has 0 saturated carbocycles. The first kappa shape index (κ1) is 19.4. The lowest BCUT2D eigenvalue weighted by Crippen LogP contribution is -2.31. The molecule has 0 fully saturated rings. The Labute approximate surface area is 173 Å². The molecule has 0 bridgehead atoms. The number of carbonyl (C=O) groups is 1. The van der Waals surface area contributed by atoms with Gasteiger partial charge in [0.15, 0.2) is 0 Å². The van der Waals surface area contributed by atoms with Gasteiger partial charge < -0.3 is 5.32 Å². The van der Waals surface area contributed by atoms with E-state index in [2.05, 4.69) is 54.6 Å². The molecule has 2 aromatic carbocycles. The van der Waals surface area contributed by atoms with Crippen LogP contribution in [0.2, 0.25) is 0 Å². The number of rotatable bonds is 5. The molecule has 3 aromatic rings. The average Bonchev–Trinajstić information content (AvgIpc) is 3.09. The molecule has 0 aliphatic heterocycles. The minimum Gasteiger partial charge on any atom is -0.345 e. The fourth-order valence-corrected chi connectivity index (χ4v) is 4.21. The molecular weight excluding hydrogens is 358 g/mol. The van der Waals surface area contributed by atoms with Gasteiger partial charge in [0, 0.05) is 13.5 Å². The molecule has 4 rings (SSSR count). The summed E-state index contributed by atoms with van der Waals surface area (Å²) in [5.41, 5.74) is 6.76. The van der Waals surface area contributed by atoms with Crippen LogP contribution in [0.1, 0.15) is 77.0 Å². The molecular formula is C25H29N3O. The molecule has 4 nitrogen and oxygen atoms in total. The zero-order valence-electron chi connectivity index (χ0n) is 17.5. The lowest BCUT2D eigenvalue weighted by atomic mass is 9.85. The fraction of sp³-hybridized carbons (Fsp3) is 0.360. The van der Waals surface area contributed by atoms with E-state index < -0.39 is 0 Å². The second-order valence-corrected chi connectivity index (χ2v) is 8.32. The molecule has 1 aliphatic carbocycles. The summed E-state index contributed by atoms with van der Waals surface area (Å²) in [4.78, 5) is 13.2. The van der Waals surface area contributed by atoms with E-state index in [0.29, 0.717) is 17.9 Å². The Morgan fingerprint density at radius 1 is 1.21 bits per heavy atom. The molecule has 1 atom stereocenters. The molecule has 1 amide bonds. The molecule has 4 heteroatoms. The van der Waals surface area contributed by atoms with Gasteiger partial charge in [-0.05, 0) is 47.4 Å². The van der Waals surface area contributed by atoms with Crippen LogP contribution >= 0.6 is 0 Å². The second kappa shape index (κ2) is 8.24. The van der Waals surface area contributed by atoms with E-state index in [9.17, 15) is 4.79 Å². The first-order valence-electron chi connectivity index (χ1n) is 10.5. The van der Waals surface area contributed by atoms with Crippen molar-refractivity contribution in [3.05, 3.63) is 88.2 Å². The number of carbonyl (C=O) groups excluding carboxylic acids is 1. The third kappa shape index (κ3) is 4.12. The number of nitrogens with zero attached hydrogens (tertiary/aromatic N) is 2. The third-order valence-electron chi connectivity index (χ3n) is 5.98. The number of hydrogen-bond donors (Lipinski definition) is 1. The summed E-state index contributed by atoms with van der Waals surface area (Å²) in [5, 5.41) is 7.67. The highest BCUT2D eigenvalue weighted by Gasteiger charge is 2.25. The Bertz CT molecular complexity index is 1000. The molecule has 1 aliphatic rings. The van der Waals surface area contributed by atoms with Crippen molar-refractivity contribution in [2.24, 2.45) is 7.05 Å². The van der Waals surface area contributed by atoms with E-state index in [1.807, 2.05) is 29.9 Å². The van der Waals surface area contributed by atoms with Gasteiger partial charge in [-0.25, -0.2) is 0 Å². The fourth-order valence-electron chi connectivity index (χ4n) is 4.21. The van der Waals surface area contributed by atoms with E-state index in [1.165, 1.54) is 22.3 Å². The Hall–Kier alpha value is -2.88. The van der Waals surface area contributed by atoms with Gasteiger partial charge in [0.05, 0.1) is 23.5 Å². The number of aromatic nitrogens is 2. The van der Waals surface area contributed by atoms with Crippen LogP contribution in [0, 0.1) is 0 Å². The summed E-state index contributed by atoms with van der Waals surface area (Å²) in [5.74, 6) is 0.450. The van der Waals surface area contributed by atoms with Crippen LogP contribution in [0.3, 0.4) is 0 Å². The summed E-state index contributed by atoms with van der Waals surface area (Å²) in [6, 6.07) is 17.0. The molecule has 0 unspecified atom stereocenters. The topological polar surface area (TPSA) is 46.9 Å². The molecule has 1 N–H and O–H groups in total. The lowest BCUT2D eigenvalue weighted by molar-refractivity contribution is 0.0931. The maximum Gasteiger partial charge on any atom is 0.255 e. The predicted molar refractivity (Wildman–Crippen MR) is 116 cm³/mol. The standard InChI is InChI=1S/C25H29N3O/c1-17(2)20-13-12-19-10-7-11-23(21(19)15-20)27-25(29)22-16-26-28(3)24(22)14-18-8-5-4-6-9-18/h4-6,8-9,12-13,15-17,23H,7,10-11,14H2,1-3H3,(H,27,29)/t23-/m0/s1. The smallest absolute Gasteiger partial charge is 0.255 e. The van der Waals surface area contributed by atoms with Crippen molar-refractivity contribution in [1.82, 2.24) is 15.1 Å². The largest absolute Gasteiger partial charge is 0.345 e. The van der Waals surface area contributed by atoms with Crippen molar-refractivity contribution in [1.29, 1.82) is 0 Å². The predicted octanol–water partition coefficient (Wildman–Crippen LogP) is 4.94. The van der Waals surface area contributed by atoms with Gasteiger partial charge in [-0.1, -0.05) is 62.4 Å². The Morgan fingerprint density at radius 3 is 2.76 bits per heavy atom. The molecule has 1 heterocycles. The van der Waals surface area contributed by atoms with Crippen molar-refractivity contribution >= 4 is 5.91 Å². The summed E-state index contributed by atoms with van der Waals surface area (Å²) in [6.07, 6.45) is 5.56. The van der Waals surface area contributed by atoms with E-state index >= 15 is 0 Å². The second-order valence-electron chi connectivity index (χ2n) is 8.32. The van der Waals surface area contributed by atoms with Crippen LogP contribution in [0.15, 0.2) is 54.7 Å². The van der Waals surface area contributed by atoms with Gasteiger partial charge in [-0.3, -0.25) is 9.48 Å². The lowest BCUT2D eigenvalue weighted by Gasteiger charge is -2.27. The van der Waals surface area contributed by atoms with Crippen LogP contribution in [0.5, 0.6) is 0 Å².